The molecule has 0 saturated carbocycles. The van der Waals surface area contributed by atoms with E-state index in [0.717, 1.165) is 17.7 Å². The minimum absolute atomic E-state index is 0.0445. The molecule has 0 radical (unpaired) electrons. The maximum Gasteiger partial charge on any atom is 0.263 e. The average molecular weight is 373 g/mol. The molecular weight excluding hydrogens is 350 g/mol. The number of nitrogens with zero attached hydrogens (tertiary/aromatic N) is 2. The van der Waals surface area contributed by atoms with Crippen LogP contribution >= 0.6 is 11.3 Å². The molecule has 0 bridgehead atoms. The summed E-state index contributed by atoms with van der Waals surface area (Å²) >= 11 is 1.66. The van der Waals surface area contributed by atoms with E-state index in [4.69, 9.17) is 4.52 Å². The Hall–Kier alpha value is -2.15. The molecule has 0 atom stereocenters. The topological polar surface area (TPSA) is 75.4 Å². The van der Waals surface area contributed by atoms with Gasteiger partial charge in [-0.1, -0.05) is 5.16 Å². The van der Waals surface area contributed by atoms with Crippen molar-refractivity contribution in [2.45, 2.75) is 45.4 Å². The second-order valence-electron chi connectivity index (χ2n) is 7.14. The molecule has 1 fully saturated rings. The van der Waals surface area contributed by atoms with E-state index in [1.54, 1.807) is 24.3 Å². The van der Waals surface area contributed by atoms with Crippen molar-refractivity contribution in [3.63, 3.8) is 0 Å². The molecule has 26 heavy (non-hydrogen) atoms. The van der Waals surface area contributed by atoms with Crippen LogP contribution in [0.4, 0.5) is 5.82 Å². The Balaban J connectivity index is 1.33. The van der Waals surface area contributed by atoms with Crippen LogP contribution < -0.4 is 5.32 Å². The SMILES string of the molecule is Cc1cc(NC(=O)C2CCN(C(=O)c3cc4c(s3)CCCC4)CC2)no1. The van der Waals surface area contributed by atoms with Gasteiger partial charge in [-0.25, -0.2) is 0 Å². The first-order valence-corrected chi connectivity index (χ1v) is 10.1. The molecule has 2 aromatic rings. The highest BCUT2D eigenvalue weighted by Crippen LogP contribution is 2.31. The van der Waals surface area contributed by atoms with Crippen molar-refractivity contribution < 1.29 is 14.1 Å². The third kappa shape index (κ3) is 3.53. The summed E-state index contributed by atoms with van der Waals surface area (Å²) in [5.74, 6) is 1.11. The van der Waals surface area contributed by atoms with Crippen molar-refractivity contribution in [2.75, 3.05) is 18.4 Å². The Morgan fingerprint density at radius 2 is 2.00 bits per heavy atom. The van der Waals surface area contributed by atoms with Gasteiger partial charge in [-0.15, -0.1) is 11.3 Å². The van der Waals surface area contributed by atoms with Crippen LogP contribution in [0.2, 0.25) is 0 Å². The molecule has 4 rings (SSSR count). The van der Waals surface area contributed by atoms with Crippen LogP contribution in [0.1, 0.15) is 51.6 Å². The number of thiophene rings is 1. The number of carbonyl (C=O) groups excluding carboxylic acids is 2. The fraction of sp³-hybridized carbons (Fsp3) is 0.526. The molecule has 1 aliphatic heterocycles. The summed E-state index contributed by atoms with van der Waals surface area (Å²) in [5, 5.41) is 6.59. The largest absolute Gasteiger partial charge is 0.360 e. The molecule has 3 heterocycles. The molecule has 2 amide bonds. The predicted molar refractivity (Wildman–Crippen MR) is 99.5 cm³/mol. The zero-order valence-corrected chi connectivity index (χ0v) is 15.7. The Morgan fingerprint density at radius 1 is 1.23 bits per heavy atom. The number of hydrogen-bond donors (Lipinski definition) is 1. The summed E-state index contributed by atoms with van der Waals surface area (Å²) in [5.41, 5.74) is 1.36. The number of aromatic nitrogens is 1. The molecule has 1 N–H and O–H groups in total. The second kappa shape index (κ2) is 7.23. The molecule has 1 saturated heterocycles. The van der Waals surface area contributed by atoms with Crippen molar-refractivity contribution in [1.82, 2.24) is 10.1 Å². The molecule has 6 nitrogen and oxygen atoms in total. The summed E-state index contributed by atoms with van der Waals surface area (Å²) in [6.45, 7) is 3.03. The number of anilines is 1. The number of fused-ring (bicyclic) bond motifs is 1. The van der Waals surface area contributed by atoms with Crippen molar-refractivity contribution in [1.29, 1.82) is 0 Å². The van der Waals surface area contributed by atoms with Crippen LogP contribution in [0.5, 0.6) is 0 Å². The highest BCUT2D eigenvalue weighted by molar-refractivity contribution is 7.14. The van der Waals surface area contributed by atoms with E-state index in [-0.39, 0.29) is 17.7 Å². The molecule has 0 unspecified atom stereocenters. The fourth-order valence-corrected chi connectivity index (χ4v) is 4.97. The van der Waals surface area contributed by atoms with Crippen LogP contribution in [0.3, 0.4) is 0 Å². The van der Waals surface area contributed by atoms with Crippen molar-refractivity contribution in [3.05, 3.63) is 33.2 Å². The van der Waals surface area contributed by atoms with E-state index in [1.807, 2.05) is 4.90 Å². The number of piperidine rings is 1. The number of likely N-dealkylation sites (tertiary alicyclic amines) is 1. The monoisotopic (exact) mass is 373 g/mol. The normalized spacial score (nSPS) is 17.8. The standard InChI is InChI=1S/C19H23N3O3S/c1-12-10-17(21-25-12)20-18(23)13-6-8-22(9-7-13)19(24)16-11-14-4-2-3-5-15(14)26-16/h10-11,13H,2-9H2,1H3,(H,20,21,23). The van der Waals surface area contributed by atoms with Gasteiger partial charge < -0.3 is 14.7 Å². The third-order valence-electron chi connectivity index (χ3n) is 5.24. The zero-order chi connectivity index (χ0) is 18.1. The van der Waals surface area contributed by atoms with Crippen molar-refractivity contribution in [2.24, 2.45) is 5.92 Å². The Kier molecular flexibility index (Phi) is 4.80. The maximum atomic E-state index is 12.8. The van der Waals surface area contributed by atoms with E-state index in [0.29, 0.717) is 37.5 Å². The third-order valence-corrected chi connectivity index (χ3v) is 6.46. The van der Waals surface area contributed by atoms with Crippen LogP contribution in [-0.2, 0) is 17.6 Å². The fourth-order valence-electron chi connectivity index (χ4n) is 3.75. The molecule has 2 aromatic heterocycles. The van der Waals surface area contributed by atoms with Gasteiger partial charge in [0.05, 0.1) is 4.88 Å². The first-order chi connectivity index (χ1) is 12.6. The predicted octanol–water partition coefficient (Wildman–Crippen LogP) is 3.41. The van der Waals surface area contributed by atoms with Gasteiger partial charge in [0.15, 0.2) is 5.82 Å². The Bertz CT molecular complexity index is 794. The number of hydrogen-bond acceptors (Lipinski definition) is 5. The van der Waals surface area contributed by atoms with E-state index in [1.165, 1.54) is 23.3 Å². The Morgan fingerprint density at radius 3 is 2.69 bits per heavy atom. The first-order valence-electron chi connectivity index (χ1n) is 9.25. The lowest BCUT2D eigenvalue weighted by Gasteiger charge is -2.30. The number of carbonyl (C=O) groups is 2. The van der Waals surface area contributed by atoms with Gasteiger partial charge in [-0.2, -0.15) is 0 Å². The molecular formula is C19H23N3O3S. The number of amides is 2. The number of nitrogens with one attached hydrogen (secondary N) is 1. The van der Waals surface area contributed by atoms with Crippen molar-refractivity contribution >= 4 is 29.0 Å². The van der Waals surface area contributed by atoms with Gasteiger partial charge in [0.1, 0.15) is 5.76 Å². The van der Waals surface area contributed by atoms with Gasteiger partial charge in [-0.3, -0.25) is 9.59 Å². The minimum Gasteiger partial charge on any atom is -0.360 e. The lowest BCUT2D eigenvalue weighted by atomic mass is 9.95. The molecule has 0 spiro atoms. The summed E-state index contributed by atoms with van der Waals surface area (Å²) < 4.78 is 4.97. The van der Waals surface area contributed by atoms with Gasteiger partial charge in [-0.05, 0) is 57.1 Å². The molecule has 1 aliphatic carbocycles. The van der Waals surface area contributed by atoms with E-state index in [2.05, 4.69) is 16.5 Å². The lowest BCUT2D eigenvalue weighted by molar-refractivity contribution is -0.121. The molecule has 2 aliphatic rings. The molecule has 7 heteroatoms. The summed E-state index contributed by atoms with van der Waals surface area (Å²) in [7, 11) is 0. The van der Waals surface area contributed by atoms with Crippen LogP contribution in [0.15, 0.2) is 16.7 Å². The number of rotatable bonds is 3. The van der Waals surface area contributed by atoms with Gasteiger partial charge in [0.25, 0.3) is 5.91 Å². The van der Waals surface area contributed by atoms with Crippen LogP contribution in [-0.4, -0.2) is 35.0 Å². The van der Waals surface area contributed by atoms with Crippen LogP contribution in [0, 0.1) is 12.8 Å². The average Bonchev–Trinajstić information content (AvgIpc) is 3.27. The molecule has 138 valence electrons. The van der Waals surface area contributed by atoms with Gasteiger partial charge in [0, 0.05) is 30.0 Å². The Labute approximate surface area is 156 Å². The number of aryl methyl sites for hydroxylation is 3. The lowest BCUT2D eigenvalue weighted by Crippen LogP contribution is -2.41. The van der Waals surface area contributed by atoms with E-state index in [9.17, 15) is 9.59 Å². The van der Waals surface area contributed by atoms with Gasteiger partial charge in [0.2, 0.25) is 5.91 Å². The second-order valence-corrected chi connectivity index (χ2v) is 8.28. The smallest absolute Gasteiger partial charge is 0.263 e. The summed E-state index contributed by atoms with van der Waals surface area (Å²) in [6.07, 6.45) is 6.02. The van der Waals surface area contributed by atoms with E-state index < -0.39 is 0 Å². The first kappa shape index (κ1) is 17.3. The zero-order valence-electron chi connectivity index (χ0n) is 14.9. The van der Waals surface area contributed by atoms with E-state index >= 15 is 0 Å². The highest BCUT2D eigenvalue weighted by atomic mass is 32.1. The minimum atomic E-state index is -0.0902. The summed E-state index contributed by atoms with van der Waals surface area (Å²) in [4.78, 5) is 29.3. The summed E-state index contributed by atoms with van der Waals surface area (Å²) in [6, 6.07) is 3.79. The van der Waals surface area contributed by atoms with Crippen LogP contribution in [0.25, 0.3) is 0 Å². The quantitative estimate of drug-likeness (QED) is 0.894. The van der Waals surface area contributed by atoms with Gasteiger partial charge >= 0.3 is 0 Å². The maximum absolute atomic E-state index is 12.8. The highest BCUT2D eigenvalue weighted by Gasteiger charge is 2.29. The molecule has 0 aromatic carbocycles. The van der Waals surface area contributed by atoms with Crippen molar-refractivity contribution in [3.8, 4) is 0 Å².